The highest BCUT2D eigenvalue weighted by Crippen LogP contribution is 2.33. The summed E-state index contributed by atoms with van der Waals surface area (Å²) < 4.78 is 16.0. The van der Waals surface area contributed by atoms with E-state index in [4.69, 9.17) is 14.2 Å². The lowest BCUT2D eigenvalue weighted by Crippen LogP contribution is -2.43. The van der Waals surface area contributed by atoms with E-state index in [1.807, 2.05) is 0 Å². The molecule has 1 fully saturated rings. The van der Waals surface area contributed by atoms with Crippen molar-refractivity contribution in [2.45, 2.75) is 37.0 Å². The van der Waals surface area contributed by atoms with E-state index >= 15 is 0 Å². The molecule has 14 heavy (non-hydrogen) atoms. The van der Waals surface area contributed by atoms with Gasteiger partial charge in [-0.2, -0.15) is 0 Å². The Bertz CT molecular complexity index is 153. The van der Waals surface area contributed by atoms with E-state index in [-0.39, 0.29) is 31.6 Å². The van der Waals surface area contributed by atoms with Crippen molar-refractivity contribution in [1.82, 2.24) is 0 Å². The summed E-state index contributed by atoms with van der Waals surface area (Å²) in [5.41, 5.74) is 0. The van der Waals surface area contributed by atoms with Crippen molar-refractivity contribution in [1.29, 1.82) is 0 Å². The van der Waals surface area contributed by atoms with Gasteiger partial charge in [0.05, 0.1) is 18.3 Å². The number of hydrogen-bond acceptors (Lipinski definition) is 4. The van der Waals surface area contributed by atoms with E-state index in [0.717, 1.165) is 12.8 Å². The van der Waals surface area contributed by atoms with Gasteiger partial charge in [-0.1, -0.05) is 0 Å². The van der Waals surface area contributed by atoms with Crippen LogP contribution >= 0.6 is 0 Å². The zero-order valence-corrected chi connectivity index (χ0v) is 9.10. The quantitative estimate of drug-likeness (QED) is 0.649. The first-order chi connectivity index (χ1) is 6.76. The average molecular weight is 202 g/mol. The molecule has 1 aliphatic carbocycles. The SMILES string of the molecule is COC1CC(OC)C(BO)C(OC)C1. The Morgan fingerprint density at radius 2 is 1.50 bits per heavy atom. The molecule has 0 aliphatic heterocycles. The van der Waals surface area contributed by atoms with Crippen LogP contribution in [0, 0.1) is 0 Å². The summed E-state index contributed by atoms with van der Waals surface area (Å²) in [4.78, 5) is 0. The highest BCUT2D eigenvalue weighted by molar-refractivity contribution is 6.28. The Kier molecular flexibility index (Phi) is 4.88. The average Bonchev–Trinajstić information content (AvgIpc) is 2.26. The molecule has 0 amide bonds. The monoisotopic (exact) mass is 202 g/mol. The maximum atomic E-state index is 9.25. The van der Waals surface area contributed by atoms with Crippen molar-refractivity contribution in [3.8, 4) is 0 Å². The van der Waals surface area contributed by atoms with E-state index in [2.05, 4.69) is 0 Å². The molecule has 0 aromatic rings. The maximum Gasteiger partial charge on any atom is 0.279 e. The molecule has 2 atom stereocenters. The lowest BCUT2D eigenvalue weighted by molar-refractivity contribution is -0.0707. The molecule has 82 valence electrons. The Morgan fingerprint density at radius 1 is 1.00 bits per heavy atom. The van der Waals surface area contributed by atoms with Gasteiger partial charge in [0.2, 0.25) is 0 Å². The van der Waals surface area contributed by atoms with Gasteiger partial charge in [-0.15, -0.1) is 0 Å². The third kappa shape index (κ3) is 2.48. The second-order valence-corrected chi connectivity index (χ2v) is 3.72. The Labute approximate surface area is 85.8 Å². The summed E-state index contributed by atoms with van der Waals surface area (Å²) in [7, 11) is 5.13. The van der Waals surface area contributed by atoms with Gasteiger partial charge in [-0.25, -0.2) is 0 Å². The number of methoxy groups -OCH3 is 3. The van der Waals surface area contributed by atoms with Gasteiger partial charge < -0.3 is 19.2 Å². The molecule has 0 heterocycles. The van der Waals surface area contributed by atoms with Crippen LogP contribution in [0.4, 0.5) is 0 Å². The Morgan fingerprint density at radius 3 is 1.79 bits per heavy atom. The van der Waals surface area contributed by atoms with Crippen molar-refractivity contribution in [2.24, 2.45) is 0 Å². The summed E-state index contributed by atoms with van der Waals surface area (Å²) in [5, 5.41) is 9.25. The van der Waals surface area contributed by atoms with Gasteiger partial charge in [-0.3, -0.25) is 0 Å². The summed E-state index contributed by atoms with van der Waals surface area (Å²) in [5.74, 6) is 0.0661. The van der Waals surface area contributed by atoms with Crippen LogP contribution in [0.2, 0.25) is 5.82 Å². The maximum absolute atomic E-state index is 9.25. The van der Waals surface area contributed by atoms with E-state index in [9.17, 15) is 5.02 Å². The summed E-state index contributed by atoms with van der Waals surface area (Å²) in [6, 6.07) is 0. The molecule has 1 rings (SSSR count). The molecular formula is C9H19BO4. The van der Waals surface area contributed by atoms with Crippen molar-refractivity contribution < 1.29 is 19.2 Å². The summed E-state index contributed by atoms with van der Waals surface area (Å²) in [6.45, 7) is 0. The first kappa shape index (κ1) is 12.0. The lowest BCUT2D eigenvalue weighted by Gasteiger charge is -2.38. The summed E-state index contributed by atoms with van der Waals surface area (Å²) in [6.07, 6.45) is 1.90. The molecule has 1 saturated carbocycles. The molecule has 0 spiro atoms. The highest BCUT2D eigenvalue weighted by atomic mass is 16.5. The number of rotatable bonds is 4. The molecular weight excluding hydrogens is 183 g/mol. The van der Waals surface area contributed by atoms with Crippen molar-refractivity contribution in [3.63, 3.8) is 0 Å². The van der Waals surface area contributed by atoms with Crippen LogP contribution in [0.3, 0.4) is 0 Å². The molecule has 5 heteroatoms. The van der Waals surface area contributed by atoms with E-state index in [0.29, 0.717) is 0 Å². The van der Waals surface area contributed by atoms with Crippen LogP contribution in [0.1, 0.15) is 12.8 Å². The second-order valence-electron chi connectivity index (χ2n) is 3.72. The van der Waals surface area contributed by atoms with Crippen LogP contribution in [0.5, 0.6) is 0 Å². The molecule has 0 radical (unpaired) electrons. The van der Waals surface area contributed by atoms with Gasteiger partial charge in [0.1, 0.15) is 0 Å². The zero-order valence-electron chi connectivity index (χ0n) is 9.10. The molecule has 0 bridgehead atoms. The molecule has 2 unspecified atom stereocenters. The van der Waals surface area contributed by atoms with Crippen molar-refractivity contribution in [2.75, 3.05) is 21.3 Å². The molecule has 1 aliphatic rings. The fraction of sp³-hybridized carbons (Fsp3) is 1.00. The van der Waals surface area contributed by atoms with Gasteiger partial charge in [0.25, 0.3) is 7.48 Å². The van der Waals surface area contributed by atoms with Crippen molar-refractivity contribution in [3.05, 3.63) is 0 Å². The molecule has 4 nitrogen and oxygen atoms in total. The molecule has 0 saturated heterocycles. The van der Waals surface area contributed by atoms with Gasteiger partial charge in [-0.05, 0) is 12.8 Å². The number of ether oxygens (including phenoxy) is 3. The minimum Gasteiger partial charge on any atom is -0.453 e. The Balaban J connectivity index is 2.63. The predicted octanol–water partition coefficient (Wildman–Crippen LogP) is -0.0425. The van der Waals surface area contributed by atoms with Crippen LogP contribution in [-0.2, 0) is 14.2 Å². The van der Waals surface area contributed by atoms with Crippen LogP contribution < -0.4 is 0 Å². The van der Waals surface area contributed by atoms with E-state index in [1.165, 1.54) is 0 Å². The first-order valence-corrected chi connectivity index (χ1v) is 4.96. The molecule has 1 N–H and O–H groups in total. The minimum absolute atomic E-state index is 0.0312. The third-order valence-corrected chi connectivity index (χ3v) is 3.10. The first-order valence-electron chi connectivity index (χ1n) is 4.96. The van der Waals surface area contributed by atoms with E-state index < -0.39 is 0 Å². The largest absolute Gasteiger partial charge is 0.453 e. The molecule has 0 aromatic carbocycles. The fourth-order valence-electron chi connectivity index (χ4n) is 2.17. The normalized spacial score (nSPS) is 38.3. The lowest BCUT2D eigenvalue weighted by atomic mass is 9.66. The van der Waals surface area contributed by atoms with Gasteiger partial charge in [0.15, 0.2) is 0 Å². The Hall–Kier alpha value is -0.0951. The van der Waals surface area contributed by atoms with Gasteiger partial charge >= 0.3 is 0 Å². The smallest absolute Gasteiger partial charge is 0.279 e. The molecule has 0 aromatic heterocycles. The van der Waals surface area contributed by atoms with Crippen LogP contribution in [0.25, 0.3) is 0 Å². The highest BCUT2D eigenvalue weighted by Gasteiger charge is 2.38. The summed E-state index contributed by atoms with van der Waals surface area (Å²) >= 11 is 0. The van der Waals surface area contributed by atoms with Crippen molar-refractivity contribution >= 4 is 7.48 Å². The van der Waals surface area contributed by atoms with Crippen LogP contribution in [-0.4, -0.2) is 52.1 Å². The fourth-order valence-corrected chi connectivity index (χ4v) is 2.17. The predicted molar refractivity (Wildman–Crippen MR) is 54.7 cm³/mol. The second kappa shape index (κ2) is 5.71. The zero-order chi connectivity index (χ0) is 10.6. The van der Waals surface area contributed by atoms with E-state index in [1.54, 1.807) is 21.3 Å². The van der Waals surface area contributed by atoms with Gasteiger partial charge in [0, 0.05) is 27.1 Å². The van der Waals surface area contributed by atoms with Crippen LogP contribution in [0.15, 0.2) is 0 Å². The number of hydrogen-bond donors (Lipinski definition) is 1. The minimum atomic E-state index is 0.0312. The third-order valence-electron chi connectivity index (χ3n) is 3.10. The topological polar surface area (TPSA) is 47.9 Å². The standard InChI is InChI=1S/C9H19BO4/c1-12-6-4-7(13-2)9(10-11)8(5-6)14-3/h6-11H,4-5H2,1-3H3.